The first-order chi connectivity index (χ1) is 14.3. The summed E-state index contributed by atoms with van der Waals surface area (Å²) in [5.41, 5.74) is 3.74. The molecule has 4 rings (SSSR count). The molecule has 2 heterocycles. The Morgan fingerprint density at radius 3 is 2.17 bits per heavy atom. The molecule has 1 aromatic heterocycles. The van der Waals surface area contributed by atoms with Crippen molar-refractivity contribution in [3.8, 4) is 16.9 Å². The van der Waals surface area contributed by atoms with Gasteiger partial charge in [-0.1, -0.05) is 51.1 Å². The van der Waals surface area contributed by atoms with Crippen LogP contribution in [0.2, 0.25) is 0 Å². The molecule has 0 spiro atoms. The predicted molar refractivity (Wildman–Crippen MR) is 117 cm³/mol. The molecule has 0 N–H and O–H groups in total. The van der Waals surface area contributed by atoms with Gasteiger partial charge in [-0.3, -0.25) is 0 Å². The lowest BCUT2D eigenvalue weighted by molar-refractivity contribution is 0.0730. The summed E-state index contributed by atoms with van der Waals surface area (Å²) in [6, 6.07) is 17.0. The fourth-order valence-electron chi connectivity index (χ4n) is 3.57. The maximum atomic E-state index is 12.9. The van der Waals surface area contributed by atoms with E-state index in [2.05, 4.69) is 27.0 Å². The summed E-state index contributed by atoms with van der Waals surface area (Å²) < 4.78 is 34.4. The summed E-state index contributed by atoms with van der Waals surface area (Å²) in [4.78, 5) is 0.299. The zero-order chi connectivity index (χ0) is 21.4. The van der Waals surface area contributed by atoms with E-state index in [1.807, 2.05) is 47.1 Å². The molecule has 0 radical (unpaired) electrons. The van der Waals surface area contributed by atoms with E-state index in [-0.39, 0.29) is 5.41 Å². The van der Waals surface area contributed by atoms with E-state index < -0.39 is 10.0 Å². The van der Waals surface area contributed by atoms with Gasteiger partial charge in [-0.05, 0) is 29.7 Å². The minimum Gasteiger partial charge on any atom is -0.379 e. The third-order valence-corrected chi connectivity index (χ3v) is 7.19. The van der Waals surface area contributed by atoms with Gasteiger partial charge in [0.05, 0.1) is 29.5 Å². The second kappa shape index (κ2) is 7.98. The molecule has 30 heavy (non-hydrogen) atoms. The molecular weight excluding hydrogens is 398 g/mol. The van der Waals surface area contributed by atoms with Crippen LogP contribution in [-0.2, 0) is 20.2 Å². The molecule has 1 aliphatic rings. The van der Waals surface area contributed by atoms with Crippen LogP contribution in [0.25, 0.3) is 16.9 Å². The van der Waals surface area contributed by atoms with Crippen molar-refractivity contribution in [3.05, 3.63) is 66.4 Å². The zero-order valence-electron chi connectivity index (χ0n) is 17.6. The second-order valence-corrected chi connectivity index (χ2v) is 10.4. The van der Waals surface area contributed by atoms with E-state index in [1.54, 1.807) is 12.1 Å². The molecule has 0 aliphatic carbocycles. The van der Waals surface area contributed by atoms with Gasteiger partial charge in [-0.2, -0.15) is 9.40 Å². The van der Waals surface area contributed by atoms with Crippen molar-refractivity contribution < 1.29 is 13.2 Å². The van der Waals surface area contributed by atoms with E-state index in [0.29, 0.717) is 31.2 Å². The minimum atomic E-state index is -3.51. The smallest absolute Gasteiger partial charge is 0.243 e. The number of hydrogen-bond donors (Lipinski definition) is 0. The highest BCUT2D eigenvalue weighted by Crippen LogP contribution is 2.33. The van der Waals surface area contributed by atoms with E-state index in [9.17, 15) is 8.42 Å². The van der Waals surface area contributed by atoms with Crippen molar-refractivity contribution in [1.82, 2.24) is 14.1 Å². The Labute approximate surface area is 178 Å². The topological polar surface area (TPSA) is 64.4 Å². The van der Waals surface area contributed by atoms with Gasteiger partial charge in [-0.15, -0.1) is 0 Å². The number of hydrogen-bond acceptors (Lipinski definition) is 4. The van der Waals surface area contributed by atoms with E-state index >= 15 is 0 Å². The van der Waals surface area contributed by atoms with Crippen LogP contribution in [0.4, 0.5) is 0 Å². The number of aromatic nitrogens is 2. The molecule has 7 heteroatoms. The van der Waals surface area contributed by atoms with Crippen LogP contribution in [0, 0.1) is 0 Å². The number of rotatable bonds is 4. The van der Waals surface area contributed by atoms with Gasteiger partial charge >= 0.3 is 0 Å². The molecule has 1 fully saturated rings. The van der Waals surface area contributed by atoms with Crippen LogP contribution in [0.5, 0.6) is 0 Å². The predicted octanol–water partition coefficient (Wildman–Crippen LogP) is 3.86. The van der Waals surface area contributed by atoms with Crippen LogP contribution in [0.1, 0.15) is 26.3 Å². The molecule has 3 aromatic rings. The Kier molecular flexibility index (Phi) is 5.53. The molecular formula is C23H27N3O3S. The number of nitrogens with zero attached hydrogens (tertiary/aromatic N) is 3. The maximum Gasteiger partial charge on any atom is 0.243 e. The summed E-state index contributed by atoms with van der Waals surface area (Å²) in [6.07, 6.45) is 2.06. The monoisotopic (exact) mass is 425 g/mol. The average Bonchev–Trinajstić information content (AvgIpc) is 3.21. The number of para-hydroxylation sites is 1. The summed E-state index contributed by atoms with van der Waals surface area (Å²) in [7, 11) is -3.51. The largest absolute Gasteiger partial charge is 0.379 e. The standard InChI is InChI=1S/C23H27N3O3S/c1-23(2,3)21-17-26(19-7-5-4-6-8-19)24-22(21)18-9-11-20(12-10-18)30(27,28)25-13-15-29-16-14-25/h4-12,17H,13-16H2,1-3H3. The molecule has 0 unspecified atom stereocenters. The van der Waals surface area contributed by atoms with Crippen LogP contribution in [0.15, 0.2) is 65.7 Å². The lowest BCUT2D eigenvalue weighted by Crippen LogP contribution is -2.40. The summed E-state index contributed by atoms with van der Waals surface area (Å²) in [6.45, 7) is 8.10. The first-order valence-electron chi connectivity index (χ1n) is 10.1. The second-order valence-electron chi connectivity index (χ2n) is 8.46. The molecule has 1 aliphatic heterocycles. The van der Waals surface area contributed by atoms with Gasteiger partial charge in [-0.25, -0.2) is 13.1 Å². The molecule has 0 amide bonds. The minimum absolute atomic E-state index is 0.110. The highest BCUT2D eigenvalue weighted by Gasteiger charge is 2.27. The van der Waals surface area contributed by atoms with Gasteiger partial charge in [0.2, 0.25) is 10.0 Å². The van der Waals surface area contributed by atoms with Crippen molar-refractivity contribution in [3.63, 3.8) is 0 Å². The van der Waals surface area contributed by atoms with E-state index in [4.69, 9.17) is 9.84 Å². The SMILES string of the molecule is CC(C)(C)c1cn(-c2ccccc2)nc1-c1ccc(S(=O)(=O)N2CCOCC2)cc1. The van der Waals surface area contributed by atoms with E-state index in [0.717, 1.165) is 22.5 Å². The summed E-state index contributed by atoms with van der Waals surface area (Å²) >= 11 is 0. The lowest BCUT2D eigenvalue weighted by atomic mass is 9.86. The first kappa shape index (κ1) is 20.8. The fourth-order valence-corrected chi connectivity index (χ4v) is 4.98. The third kappa shape index (κ3) is 4.05. The van der Waals surface area contributed by atoms with Crippen molar-refractivity contribution in [1.29, 1.82) is 0 Å². The Morgan fingerprint density at radius 2 is 1.57 bits per heavy atom. The zero-order valence-corrected chi connectivity index (χ0v) is 18.4. The van der Waals surface area contributed by atoms with Crippen molar-refractivity contribution in [2.24, 2.45) is 0 Å². The summed E-state index contributed by atoms with van der Waals surface area (Å²) in [5.74, 6) is 0. The number of benzene rings is 2. The highest BCUT2D eigenvalue weighted by molar-refractivity contribution is 7.89. The molecule has 1 saturated heterocycles. The van der Waals surface area contributed by atoms with Crippen LogP contribution < -0.4 is 0 Å². The average molecular weight is 426 g/mol. The van der Waals surface area contributed by atoms with Crippen molar-refractivity contribution in [2.75, 3.05) is 26.3 Å². The Morgan fingerprint density at radius 1 is 0.933 bits per heavy atom. The van der Waals surface area contributed by atoms with Gasteiger partial charge in [0.1, 0.15) is 0 Å². The van der Waals surface area contributed by atoms with Gasteiger partial charge in [0.15, 0.2) is 0 Å². The van der Waals surface area contributed by atoms with Crippen LogP contribution in [0.3, 0.4) is 0 Å². The third-order valence-electron chi connectivity index (χ3n) is 5.28. The lowest BCUT2D eigenvalue weighted by Gasteiger charge is -2.26. The van der Waals surface area contributed by atoms with Gasteiger partial charge in [0, 0.05) is 30.4 Å². The van der Waals surface area contributed by atoms with Crippen LogP contribution >= 0.6 is 0 Å². The maximum absolute atomic E-state index is 12.9. The molecule has 0 saturated carbocycles. The molecule has 158 valence electrons. The quantitative estimate of drug-likeness (QED) is 0.637. The number of sulfonamides is 1. The van der Waals surface area contributed by atoms with Gasteiger partial charge in [0.25, 0.3) is 0 Å². The van der Waals surface area contributed by atoms with Crippen LogP contribution in [-0.4, -0.2) is 48.8 Å². The first-order valence-corrected chi connectivity index (χ1v) is 11.5. The van der Waals surface area contributed by atoms with E-state index in [1.165, 1.54) is 4.31 Å². The van der Waals surface area contributed by atoms with Crippen molar-refractivity contribution in [2.45, 2.75) is 31.1 Å². The fraction of sp³-hybridized carbons (Fsp3) is 0.348. The Hall–Kier alpha value is -2.48. The summed E-state index contributed by atoms with van der Waals surface area (Å²) in [5, 5.41) is 4.84. The molecule has 0 bridgehead atoms. The number of morpholine rings is 1. The normalized spacial score (nSPS) is 16.0. The molecule has 2 aromatic carbocycles. The Bertz CT molecular complexity index is 1110. The van der Waals surface area contributed by atoms with Gasteiger partial charge < -0.3 is 4.74 Å². The highest BCUT2D eigenvalue weighted by atomic mass is 32.2. The molecule has 6 nitrogen and oxygen atoms in total. The van der Waals surface area contributed by atoms with Crippen molar-refractivity contribution >= 4 is 10.0 Å². The molecule has 0 atom stereocenters. The Balaban J connectivity index is 1.71. The number of ether oxygens (including phenoxy) is 1.